The molecule has 4 heteroatoms. The van der Waals surface area contributed by atoms with Crippen molar-refractivity contribution in [1.82, 2.24) is 14.9 Å². The molecule has 2 heterocycles. The molecular formula is C17H29N3O. The molecule has 1 atom stereocenters. The average Bonchev–Trinajstić information content (AvgIpc) is 3.09. The second kappa shape index (κ2) is 6.93. The monoisotopic (exact) mass is 291 g/mol. The van der Waals surface area contributed by atoms with Gasteiger partial charge >= 0.3 is 0 Å². The summed E-state index contributed by atoms with van der Waals surface area (Å²) in [4.78, 5) is 4.48. The fourth-order valence-electron chi connectivity index (χ4n) is 3.81. The number of hydrogen-bond donors (Lipinski definition) is 1. The molecule has 1 aliphatic carbocycles. The molecule has 0 aromatic carbocycles. The topological polar surface area (TPSA) is 39.1 Å². The van der Waals surface area contributed by atoms with Crippen LogP contribution < -0.4 is 5.32 Å². The van der Waals surface area contributed by atoms with Crippen LogP contribution in [0.1, 0.15) is 64.0 Å². The largest absolute Gasteiger partial charge is 0.370 e. The standard InChI is InChI=1S/C17H29N3O/c1-2-10-18-11-15-12-20(14-19-15)13-16-6-9-17(21-16)7-4-3-5-8-17/h12,14,16,18H,2-11,13H2,1H3. The Morgan fingerprint density at radius 2 is 2.19 bits per heavy atom. The molecule has 1 aromatic rings. The van der Waals surface area contributed by atoms with E-state index in [1.165, 1.54) is 51.4 Å². The molecular weight excluding hydrogens is 262 g/mol. The molecule has 1 saturated carbocycles. The van der Waals surface area contributed by atoms with Crippen molar-refractivity contribution in [2.75, 3.05) is 6.54 Å². The Bertz CT molecular complexity index is 437. The summed E-state index contributed by atoms with van der Waals surface area (Å²) in [6.45, 7) is 5.07. The number of hydrogen-bond acceptors (Lipinski definition) is 3. The number of nitrogens with zero attached hydrogens (tertiary/aromatic N) is 2. The highest BCUT2D eigenvalue weighted by molar-refractivity contribution is 4.97. The van der Waals surface area contributed by atoms with Crippen LogP contribution in [0.4, 0.5) is 0 Å². The minimum absolute atomic E-state index is 0.231. The van der Waals surface area contributed by atoms with Gasteiger partial charge in [0.1, 0.15) is 0 Å². The lowest BCUT2D eigenvalue weighted by Gasteiger charge is -2.33. The molecule has 21 heavy (non-hydrogen) atoms. The summed E-state index contributed by atoms with van der Waals surface area (Å²) in [7, 11) is 0. The Morgan fingerprint density at radius 1 is 1.33 bits per heavy atom. The first kappa shape index (κ1) is 15.0. The lowest BCUT2D eigenvalue weighted by Crippen LogP contribution is -2.32. The van der Waals surface area contributed by atoms with Gasteiger partial charge in [-0.25, -0.2) is 4.98 Å². The normalized spacial score (nSPS) is 24.7. The van der Waals surface area contributed by atoms with E-state index < -0.39 is 0 Å². The van der Waals surface area contributed by atoms with Crippen LogP contribution in [0.25, 0.3) is 0 Å². The van der Waals surface area contributed by atoms with Crippen LogP contribution in [0.5, 0.6) is 0 Å². The van der Waals surface area contributed by atoms with Crippen molar-refractivity contribution in [3.63, 3.8) is 0 Å². The average molecular weight is 291 g/mol. The smallest absolute Gasteiger partial charge is 0.0950 e. The zero-order chi connectivity index (χ0) is 14.5. The highest BCUT2D eigenvalue weighted by atomic mass is 16.5. The first-order valence-corrected chi connectivity index (χ1v) is 8.69. The maximum Gasteiger partial charge on any atom is 0.0950 e. The van der Waals surface area contributed by atoms with Crippen LogP contribution in [0.2, 0.25) is 0 Å². The molecule has 2 aliphatic rings. The molecule has 1 saturated heterocycles. The van der Waals surface area contributed by atoms with E-state index in [2.05, 4.69) is 28.0 Å². The molecule has 1 aliphatic heterocycles. The van der Waals surface area contributed by atoms with Crippen molar-refractivity contribution < 1.29 is 4.74 Å². The Morgan fingerprint density at radius 3 is 3.00 bits per heavy atom. The molecule has 0 radical (unpaired) electrons. The highest BCUT2D eigenvalue weighted by Crippen LogP contribution is 2.42. The molecule has 4 nitrogen and oxygen atoms in total. The van der Waals surface area contributed by atoms with E-state index in [-0.39, 0.29) is 5.60 Å². The molecule has 3 rings (SSSR count). The van der Waals surface area contributed by atoms with E-state index in [1.54, 1.807) is 0 Å². The van der Waals surface area contributed by atoms with Gasteiger partial charge in [-0.3, -0.25) is 0 Å². The lowest BCUT2D eigenvalue weighted by atomic mass is 9.83. The molecule has 1 unspecified atom stereocenters. The number of rotatable bonds is 6. The first-order chi connectivity index (χ1) is 10.3. The van der Waals surface area contributed by atoms with Crippen LogP contribution in [-0.2, 0) is 17.8 Å². The summed E-state index contributed by atoms with van der Waals surface area (Å²) in [5.41, 5.74) is 1.36. The summed E-state index contributed by atoms with van der Waals surface area (Å²) in [5.74, 6) is 0. The van der Waals surface area contributed by atoms with Crippen LogP contribution in [0.3, 0.4) is 0 Å². The first-order valence-electron chi connectivity index (χ1n) is 8.69. The number of ether oxygens (including phenoxy) is 1. The lowest BCUT2D eigenvalue weighted by molar-refractivity contribution is -0.0679. The van der Waals surface area contributed by atoms with Gasteiger partial charge in [-0.05, 0) is 38.6 Å². The van der Waals surface area contributed by atoms with E-state index in [1.807, 2.05) is 6.33 Å². The fraction of sp³-hybridized carbons (Fsp3) is 0.824. The van der Waals surface area contributed by atoms with Gasteiger partial charge in [0.15, 0.2) is 0 Å². The van der Waals surface area contributed by atoms with Crippen molar-refractivity contribution in [3.05, 3.63) is 18.2 Å². The predicted octanol–water partition coefficient (Wildman–Crippen LogP) is 3.26. The van der Waals surface area contributed by atoms with Gasteiger partial charge in [0, 0.05) is 19.3 Å². The Hall–Kier alpha value is -0.870. The molecule has 0 bridgehead atoms. The van der Waals surface area contributed by atoms with Gasteiger partial charge in [-0.2, -0.15) is 0 Å². The second-order valence-electron chi connectivity index (χ2n) is 6.76. The third kappa shape index (κ3) is 3.86. The van der Waals surface area contributed by atoms with E-state index in [0.29, 0.717) is 6.10 Å². The summed E-state index contributed by atoms with van der Waals surface area (Å²) in [6, 6.07) is 0. The quantitative estimate of drug-likeness (QED) is 0.818. The van der Waals surface area contributed by atoms with Gasteiger partial charge < -0.3 is 14.6 Å². The van der Waals surface area contributed by atoms with Gasteiger partial charge in [-0.15, -0.1) is 0 Å². The van der Waals surface area contributed by atoms with Crippen molar-refractivity contribution in [2.24, 2.45) is 0 Å². The van der Waals surface area contributed by atoms with Gasteiger partial charge in [0.25, 0.3) is 0 Å². The summed E-state index contributed by atoms with van der Waals surface area (Å²) in [5, 5.41) is 3.40. The highest BCUT2D eigenvalue weighted by Gasteiger charge is 2.40. The third-order valence-corrected chi connectivity index (χ3v) is 4.94. The Kier molecular flexibility index (Phi) is 4.96. The van der Waals surface area contributed by atoms with Crippen LogP contribution in [0, 0.1) is 0 Å². The third-order valence-electron chi connectivity index (χ3n) is 4.94. The summed E-state index contributed by atoms with van der Waals surface area (Å²) in [6.07, 6.45) is 14.8. The number of aromatic nitrogens is 2. The van der Waals surface area contributed by atoms with Crippen molar-refractivity contribution in [1.29, 1.82) is 0 Å². The SMILES string of the molecule is CCCNCc1cn(CC2CCC3(CCCCC3)O2)cn1. The van der Waals surface area contributed by atoms with Crippen molar-refractivity contribution in [3.8, 4) is 0 Å². The van der Waals surface area contributed by atoms with E-state index in [4.69, 9.17) is 4.74 Å². The second-order valence-corrected chi connectivity index (χ2v) is 6.76. The van der Waals surface area contributed by atoms with Crippen LogP contribution >= 0.6 is 0 Å². The zero-order valence-corrected chi connectivity index (χ0v) is 13.3. The van der Waals surface area contributed by atoms with Crippen LogP contribution in [-0.4, -0.2) is 27.8 Å². The number of nitrogens with one attached hydrogen (secondary N) is 1. The van der Waals surface area contributed by atoms with Gasteiger partial charge in [0.2, 0.25) is 0 Å². The molecule has 118 valence electrons. The predicted molar refractivity (Wildman–Crippen MR) is 84.1 cm³/mol. The Labute approximate surface area is 128 Å². The molecule has 2 fully saturated rings. The van der Waals surface area contributed by atoms with Crippen molar-refractivity contribution in [2.45, 2.75) is 83.1 Å². The van der Waals surface area contributed by atoms with E-state index >= 15 is 0 Å². The molecule has 1 spiro atoms. The van der Waals surface area contributed by atoms with Crippen molar-refractivity contribution >= 4 is 0 Å². The maximum absolute atomic E-state index is 6.44. The minimum Gasteiger partial charge on any atom is -0.370 e. The van der Waals surface area contributed by atoms with Crippen LogP contribution in [0.15, 0.2) is 12.5 Å². The molecule has 0 amide bonds. The maximum atomic E-state index is 6.44. The van der Waals surface area contributed by atoms with Gasteiger partial charge in [-0.1, -0.05) is 26.2 Å². The molecule has 1 aromatic heterocycles. The fourth-order valence-corrected chi connectivity index (χ4v) is 3.81. The Balaban J connectivity index is 1.48. The van der Waals surface area contributed by atoms with E-state index in [0.717, 1.165) is 25.3 Å². The number of imidazole rings is 1. The zero-order valence-electron chi connectivity index (χ0n) is 13.3. The van der Waals surface area contributed by atoms with E-state index in [9.17, 15) is 0 Å². The van der Waals surface area contributed by atoms with Gasteiger partial charge in [0.05, 0.1) is 23.7 Å². The minimum atomic E-state index is 0.231. The summed E-state index contributed by atoms with van der Waals surface area (Å²) >= 11 is 0. The summed E-state index contributed by atoms with van der Waals surface area (Å²) < 4.78 is 8.64. The molecule has 1 N–H and O–H groups in total.